The lowest BCUT2D eigenvalue weighted by Gasteiger charge is -2.17. The second-order valence-corrected chi connectivity index (χ2v) is 3.78. The fourth-order valence-electron chi connectivity index (χ4n) is 1.16. The van der Waals surface area contributed by atoms with E-state index in [1.807, 2.05) is 51.0 Å². The summed E-state index contributed by atoms with van der Waals surface area (Å²) in [4.78, 5) is 2.02. The number of benzene rings is 1. The molecule has 0 bridgehead atoms. The van der Waals surface area contributed by atoms with Crippen LogP contribution in [0, 0.1) is 0 Å². The van der Waals surface area contributed by atoms with Crippen LogP contribution in [0.4, 0.5) is 11.4 Å². The molecule has 3 heteroatoms. The zero-order valence-corrected chi connectivity index (χ0v) is 9.24. The Morgan fingerprint density at radius 1 is 1.29 bits per heavy atom. The fourth-order valence-corrected chi connectivity index (χ4v) is 1.16. The van der Waals surface area contributed by atoms with E-state index >= 15 is 0 Å². The van der Waals surface area contributed by atoms with E-state index in [1.165, 1.54) is 0 Å². The van der Waals surface area contributed by atoms with Gasteiger partial charge in [0.2, 0.25) is 0 Å². The molecule has 0 radical (unpaired) electrons. The third-order valence-corrected chi connectivity index (χ3v) is 1.88. The zero-order chi connectivity index (χ0) is 10.7. The highest BCUT2D eigenvalue weighted by molar-refractivity contribution is 5.61. The average molecular weight is 194 g/mol. The van der Waals surface area contributed by atoms with Crippen LogP contribution in [0.15, 0.2) is 18.2 Å². The largest absolute Gasteiger partial charge is 0.489 e. The Hall–Kier alpha value is -1.38. The summed E-state index contributed by atoms with van der Waals surface area (Å²) in [7, 11) is 3.98. The summed E-state index contributed by atoms with van der Waals surface area (Å²) in [6.07, 6.45) is 0.148. The van der Waals surface area contributed by atoms with Crippen molar-refractivity contribution >= 4 is 11.4 Å². The fraction of sp³-hybridized carbons (Fsp3) is 0.455. The molecule has 1 rings (SSSR count). The number of ether oxygens (including phenoxy) is 1. The van der Waals surface area contributed by atoms with Gasteiger partial charge in [-0.1, -0.05) is 0 Å². The first-order valence-electron chi connectivity index (χ1n) is 4.74. The van der Waals surface area contributed by atoms with Crippen molar-refractivity contribution in [1.29, 1.82) is 0 Å². The topological polar surface area (TPSA) is 38.5 Å². The van der Waals surface area contributed by atoms with Gasteiger partial charge in [0.05, 0.1) is 11.8 Å². The van der Waals surface area contributed by atoms with Crippen LogP contribution in [0.5, 0.6) is 5.75 Å². The van der Waals surface area contributed by atoms with Gasteiger partial charge >= 0.3 is 0 Å². The van der Waals surface area contributed by atoms with Crippen LogP contribution < -0.4 is 15.4 Å². The summed E-state index contributed by atoms with van der Waals surface area (Å²) in [5.74, 6) is 0.756. The Bertz CT molecular complexity index is 308. The molecular weight excluding hydrogens is 176 g/mol. The Morgan fingerprint density at radius 3 is 2.43 bits per heavy atom. The summed E-state index contributed by atoms with van der Waals surface area (Å²) < 4.78 is 5.58. The minimum atomic E-state index is 0.148. The van der Waals surface area contributed by atoms with E-state index in [1.54, 1.807) is 0 Å². The summed E-state index contributed by atoms with van der Waals surface area (Å²) in [6, 6.07) is 5.80. The van der Waals surface area contributed by atoms with Gasteiger partial charge in [0.1, 0.15) is 5.75 Å². The van der Waals surface area contributed by atoms with Crippen LogP contribution >= 0.6 is 0 Å². The lowest BCUT2D eigenvalue weighted by molar-refractivity contribution is 0.244. The molecule has 0 atom stereocenters. The molecule has 0 aliphatic heterocycles. The second-order valence-electron chi connectivity index (χ2n) is 3.78. The third-order valence-electron chi connectivity index (χ3n) is 1.88. The van der Waals surface area contributed by atoms with Crippen molar-refractivity contribution in [2.45, 2.75) is 20.0 Å². The molecule has 0 unspecified atom stereocenters. The highest BCUT2D eigenvalue weighted by atomic mass is 16.5. The Labute approximate surface area is 85.5 Å². The minimum absolute atomic E-state index is 0.148. The van der Waals surface area contributed by atoms with Gasteiger partial charge < -0.3 is 15.4 Å². The van der Waals surface area contributed by atoms with Gasteiger partial charge in [0, 0.05) is 25.8 Å². The maximum Gasteiger partial charge on any atom is 0.144 e. The van der Waals surface area contributed by atoms with E-state index in [-0.39, 0.29) is 6.10 Å². The first-order valence-corrected chi connectivity index (χ1v) is 4.74. The summed E-state index contributed by atoms with van der Waals surface area (Å²) in [5, 5.41) is 0. The molecule has 3 nitrogen and oxygen atoms in total. The van der Waals surface area contributed by atoms with Crippen molar-refractivity contribution in [3.8, 4) is 5.75 Å². The molecule has 78 valence electrons. The van der Waals surface area contributed by atoms with Crippen molar-refractivity contribution in [2.24, 2.45) is 0 Å². The normalized spacial score (nSPS) is 10.4. The summed E-state index contributed by atoms with van der Waals surface area (Å²) in [6.45, 7) is 3.98. The summed E-state index contributed by atoms with van der Waals surface area (Å²) >= 11 is 0. The van der Waals surface area contributed by atoms with Crippen molar-refractivity contribution in [1.82, 2.24) is 0 Å². The first kappa shape index (κ1) is 10.7. The molecule has 1 aromatic carbocycles. The van der Waals surface area contributed by atoms with Crippen LogP contribution in [0.1, 0.15) is 13.8 Å². The molecule has 0 spiro atoms. The highest BCUT2D eigenvalue weighted by Crippen LogP contribution is 2.27. The second kappa shape index (κ2) is 4.22. The van der Waals surface area contributed by atoms with Crippen molar-refractivity contribution in [3.63, 3.8) is 0 Å². The SMILES string of the molecule is CC(C)Oc1cc(N(C)C)ccc1N. The minimum Gasteiger partial charge on any atom is -0.489 e. The van der Waals surface area contributed by atoms with Crippen molar-refractivity contribution in [3.05, 3.63) is 18.2 Å². The van der Waals surface area contributed by atoms with Gasteiger partial charge in [0.25, 0.3) is 0 Å². The standard InChI is InChI=1S/C11H18N2O/c1-8(2)14-11-7-9(13(3)4)5-6-10(11)12/h5-8H,12H2,1-4H3. The van der Waals surface area contributed by atoms with E-state index in [9.17, 15) is 0 Å². The number of nitrogen functional groups attached to an aromatic ring is 1. The number of hydrogen-bond donors (Lipinski definition) is 1. The van der Waals surface area contributed by atoms with Gasteiger partial charge in [-0.3, -0.25) is 0 Å². The molecule has 0 saturated heterocycles. The Balaban J connectivity index is 2.96. The Kier molecular flexibility index (Phi) is 3.23. The molecule has 2 N–H and O–H groups in total. The van der Waals surface area contributed by atoms with Crippen LogP contribution in [-0.2, 0) is 0 Å². The predicted molar refractivity (Wildman–Crippen MR) is 60.9 cm³/mol. The molecule has 0 saturated carbocycles. The number of anilines is 2. The number of nitrogens with two attached hydrogens (primary N) is 1. The molecule has 0 amide bonds. The van der Waals surface area contributed by atoms with Crippen LogP contribution in [0.25, 0.3) is 0 Å². The zero-order valence-electron chi connectivity index (χ0n) is 9.24. The van der Waals surface area contributed by atoms with E-state index in [4.69, 9.17) is 10.5 Å². The first-order chi connectivity index (χ1) is 6.50. The number of rotatable bonds is 3. The lowest BCUT2D eigenvalue weighted by atomic mass is 10.2. The van der Waals surface area contributed by atoms with E-state index < -0.39 is 0 Å². The molecule has 0 heterocycles. The molecule has 0 aliphatic carbocycles. The van der Waals surface area contributed by atoms with E-state index in [2.05, 4.69) is 0 Å². The van der Waals surface area contributed by atoms with Crippen molar-refractivity contribution in [2.75, 3.05) is 24.7 Å². The molecule has 1 aromatic rings. The molecule has 0 fully saturated rings. The van der Waals surface area contributed by atoms with Crippen LogP contribution in [0.3, 0.4) is 0 Å². The maximum absolute atomic E-state index is 5.79. The highest BCUT2D eigenvalue weighted by Gasteiger charge is 2.05. The Morgan fingerprint density at radius 2 is 1.93 bits per heavy atom. The van der Waals surface area contributed by atoms with Gasteiger partial charge in [-0.25, -0.2) is 0 Å². The lowest BCUT2D eigenvalue weighted by Crippen LogP contribution is -2.11. The monoisotopic (exact) mass is 194 g/mol. The average Bonchev–Trinajstić information content (AvgIpc) is 2.07. The van der Waals surface area contributed by atoms with Gasteiger partial charge in [-0.05, 0) is 26.0 Å². The maximum atomic E-state index is 5.79. The van der Waals surface area contributed by atoms with E-state index in [0.717, 1.165) is 11.4 Å². The molecule has 0 aliphatic rings. The summed E-state index contributed by atoms with van der Waals surface area (Å²) in [5.41, 5.74) is 7.57. The molecule has 14 heavy (non-hydrogen) atoms. The van der Waals surface area contributed by atoms with Crippen molar-refractivity contribution < 1.29 is 4.74 Å². The molecule has 0 aromatic heterocycles. The number of hydrogen-bond acceptors (Lipinski definition) is 3. The number of nitrogens with zero attached hydrogens (tertiary/aromatic N) is 1. The van der Waals surface area contributed by atoms with Gasteiger partial charge in [-0.2, -0.15) is 0 Å². The quantitative estimate of drug-likeness (QED) is 0.749. The van der Waals surface area contributed by atoms with Gasteiger partial charge in [-0.15, -0.1) is 0 Å². The van der Waals surface area contributed by atoms with Crippen LogP contribution in [0.2, 0.25) is 0 Å². The van der Waals surface area contributed by atoms with E-state index in [0.29, 0.717) is 5.69 Å². The third kappa shape index (κ3) is 2.55. The van der Waals surface area contributed by atoms with Crippen LogP contribution in [-0.4, -0.2) is 20.2 Å². The smallest absolute Gasteiger partial charge is 0.144 e. The molecular formula is C11H18N2O. The van der Waals surface area contributed by atoms with Gasteiger partial charge in [0.15, 0.2) is 0 Å². The predicted octanol–water partition coefficient (Wildman–Crippen LogP) is 2.12.